The van der Waals surface area contributed by atoms with E-state index in [-0.39, 0.29) is 10.9 Å². The third kappa shape index (κ3) is 3.76. The van der Waals surface area contributed by atoms with Crippen molar-refractivity contribution in [2.24, 2.45) is 16.8 Å². The van der Waals surface area contributed by atoms with Gasteiger partial charge in [-0.1, -0.05) is 6.07 Å². The van der Waals surface area contributed by atoms with Crippen LogP contribution in [0, 0.1) is 17.5 Å². The highest BCUT2D eigenvalue weighted by Gasteiger charge is 2.58. The molecule has 0 radical (unpaired) electrons. The van der Waals surface area contributed by atoms with Crippen molar-refractivity contribution in [1.29, 1.82) is 0 Å². The summed E-state index contributed by atoms with van der Waals surface area (Å²) < 4.78 is 72.2. The van der Waals surface area contributed by atoms with Gasteiger partial charge in [0.25, 0.3) is 0 Å². The number of hydrazone groups is 1. The van der Waals surface area contributed by atoms with Gasteiger partial charge in [-0.15, -0.1) is 0 Å². The van der Waals surface area contributed by atoms with Gasteiger partial charge in [0.2, 0.25) is 0 Å². The topological polar surface area (TPSA) is 101 Å². The van der Waals surface area contributed by atoms with Gasteiger partial charge < -0.3 is 10.9 Å². The largest absolute Gasteiger partial charge is 0.377 e. The Morgan fingerprint density at radius 3 is 2.37 bits per heavy atom. The standard InChI is InChI=1S/C19H16F5N5O/c20-12-3-5-16-11(7-12)1-6-17(28-16)19(23,24)18(30,9-29(26)10-27-25)14-4-2-13(21)8-15(14)22/h1-8,10,30H,9,25-26H2/b27-10-. The molecule has 0 saturated heterocycles. The zero-order valence-corrected chi connectivity index (χ0v) is 15.2. The number of hydrogen-bond donors (Lipinski definition) is 3. The van der Waals surface area contributed by atoms with Gasteiger partial charge in [-0.25, -0.2) is 24.0 Å². The number of hydrazine groups is 1. The lowest BCUT2D eigenvalue weighted by Gasteiger charge is -2.38. The fourth-order valence-corrected chi connectivity index (χ4v) is 3.05. The molecular weight excluding hydrogens is 409 g/mol. The van der Waals surface area contributed by atoms with Crippen molar-refractivity contribution < 1.29 is 27.1 Å². The van der Waals surface area contributed by atoms with E-state index in [0.717, 1.165) is 24.5 Å². The molecule has 3 aromatic rings. The van der Waals surface area contributed by atoms with Gasteiger partial charge in [0.1, 0.15) is 29.5 Å². The Hall–Kier alpha value is -3.31. The summed E-state index contributed by atoms with van der Waals surface area (Å²) in [5.41, 5.74) is -5.15. The van der Waals surface area contributed by atoms with E-state index >= 15 is 8.78 Å². The predicted molar refractivity (Wildman–Crippen MR) is 99.4 cm³/mol. The molecule has 0 bridgehead atoms. The average Bonchev–Trinajstić information content (AvgIpc) is 2.67. The normalized spacial score (nSPS) is 14.2. The van der Waals surface area contributed by atoms with Crippen LogP contribution in [0.4, 0.5) is 22.0 Å². The molecule has 0 spiro atoms. The van der Waals surface area contributed by atoms with Crippen molar-refractivity contribution in [3.05, 3.63) is 77.2 Å². The lowest BCUT2D eigenvalue weighted by molar-refractivity contribution is -0.203. The van der Waals surface area contributed by atoms with E-state index < -0.39 is 46.8 Å². The fraction of sp³-hybridized carbons (Fsp3) is 0.158. The first-order valence-electron chi connectivity index (χ1n) is 8.46. The molecular formula is C19H16F5N5O. The van der Waals surface area contributed by atoms with Crippen LogP contribution in [0.3, 0.4) is 0 Å². The van der Waals surface area contributed by atoms with Gasteiger partial charge in [0, 0.05) is 17.0 Å². The van der Waals surface area contributed by atoms with E-state index in [0.29, 0.717) is 23.2 Å². The third-order valence-electron chi connectivity index (χ3n) is 4.50. The van der Waals surface area contributed by atoms with Gasteiger partial charge in [-0.3, -0.25) is 5.01 Å². The maximum Gasteiger partial charge on any atom is 0.323 e. The summed E-state index contributed by atoms with van der Waals surface area (Å²) in [7, 11) is 0. The maximum absolute atomic E-state index is 15.6. The Bertz CT molecular complexity index is 1110. The molecule has 1 aromatic heterocycles. The fourth-order valence-electron chi connectivity index (χ4n) is 3.05. The highest BCUT2D eigenvalue weighted by Crippen LogP contribution is 2.46. The van der Waals surface area contributed by atoms with E-state index in [2.05, 4.69) is 10.1 Å². The summed E-state index contributed by atoms with van der Waals surface area (Å²) in [6, 6.07) is 7.10. The van der Waals surface area contributed by atoms with Crippen LogP contribution < -0.4 is 11.7 Å². The minimum Gasteiger partial charge on any atom is -0.377 e. The molecule has 11 heteroatoms. The summed E-state index contributed by atoms with van der Waals surface area (Å²) in [6.45, 7) is -1.08. The zero-order chi connectivity index (χ0) is 22.1. The molecule has 5 N–H and O–H groups in total. The summed E-state index contributed by atoms with van der Waals surface area (Å²) in [5.74, 6) is 3.20. The number of hydrogen-bond acceptors (Lipinski definition) is 5. The van der Waals surface area contributed by atoms with Crippen molar-refractivity contribution in [1.82, 2.24) is 9.99 Å². The number of halogens is 5. The van der Waals surface area contributed by atoms with Gasteiger partial charge in [-0.05, 0) is 36.4 Å². The Balaban J connectivity index is 2.19. The lowest BCUT2D eigenvalue weighted by atomic mass is 9.84. The van der Waals surface area contributed by atoms with Crippen LogP contribution in [0.25, 0.3) is 10.9 Å². The molecule has 2 aromatic carbocycles. The van der Waals surface area contributed by atoms with Gasteiger partial charge in [-0.2, -0.15) is 13.9 Å². The van der Waals surface area contributed by atoms with Crippen LogP contribution >= 0.6 is 0 Å². The molecule has 1 unspecified atom stereocenters. The number of benzene rings is 2. The number of nitrogens with two attached hydrogens (primary N) is 2. The van der Waals surface area contributed by atoms with Crippen LogP contribution in [0.15, 0.2) is 53.6 Å². The van der Waals surface area contributed by atoms with Crippen LogP contribution in [-0.2, 0) is 11.5 Å². The summed E-state index contributed by atoms with van der Waals surface area (Å²) in [6.07, 6.45) is 0.735. The number of pyridine rings is 1. The van der Waals surface area contributed by atoms with E-state index in [1.807, 2.05) is 0 Å². The first-order valence-corrected chi connectivity index (χ1v) is 8.46. The van der Waals surface area contributed by atoms with E-state index in [1.54, 1.807) is 0 Å². The van der Waals surface area contributed by atoms with E-state index in [1.165, 1.54) is 12.1 Å². The molecule has 30 heavy (non-hydrogen) atoms. The predicted octanol–water partition coefficient (Wildman–Crippen LogP) is 2.71. The van der Waals surface area contributed by atoms with Crippen molar-refractivity contribution in [2.75, 3.05) is 6.54 Å². The van der Waals surface area contributed by atoms with Crippen molar-refractivity contribution in [3.8, 4) is 0 Å². The molecule has 0 aliphatic heterocycles. The second kappa shape index (κ2) is 7.84. The molecule has 3 rings (SSSR count). The monoisotopic (exact) mass is 425 g/mol. The second-order valence-corrected chi connectivity index (χ2v) is 6.53. The molecule has 1 heterocycles. The summed E-state index contributed by atoms with van der Waals surface area (Å²) in [5, 5.41) is 14.8. The van der Waals surface area contributed by atoms with Crippen LogP contribution in [-0.4, -0.2) is 28.0 Å². The van der Waals surface area contributed by atoms with Crippen LogP contribution in [0.5, 0.6) is 0 Å². The number of aliphatic hydroxyl groups is 1. The lowest BCUT2D eigenvalue weighted by Crippen LogP contribution is -2.53. The first kappa shape index (κ1) is 21.4. The first-order chi connectivity index (χ1) is 14.1. The van der Waals surface area contributed by atoms with Crippen LogP contribution in [0.2, 0.25) is 0 Å². The van der Waals surface area contributed by atoms with Gasteiger partial charge >= 0.3 is 5.92 Å². The Labute approximate surface area is 167 Å². The molecule has 158 valence electrons. The number of alkyl halides is 2. The van der Waals surface area contributed by atoms with E-state index in [4.69, 9.17) is 11.7 Å². The third-order valence-corrected chi connectivity index (χ3v) is 4.50. The Kier molecular flexibility index (Phi) is 5.59. The minimum atomic E-state index is -4.23. The van der Waals surface area contributed by atoms with Crippen LogP contribution in [0.1, 0.15) is 11.3 Å². The van der Waals surface area contributed by atoms with Crippen molar-refractivity contribution >= 4 is 17.2 Å². The smallest absolute Gasteiger partial charge is 0.323 e. The molecule has 0 saturated carbocycles. The van der Waals surface area contributed by atoms with Crippen molar-refractivity contribution in [2.45, 2.75) is 11.5 Å². The summed E-state index contributed by atoms with van der Waals surface area (Å²) >= 11 is 0. The average molecular weight is 425 g/mol. The second-order valence-electron chi connectivity index (χ2n) is 6.53. The number of rotatable bonds is 6. The molecule has 0 aliphatic rings. The molecule has 0 aliphatic carbocycles. The minimum absolute atomic E-state index is 0.0172. The highest BCUT2D eigenvalue weighted by molar-refractivity contribution is 5.78. The van der Waals surface area contributed by atoms with Gasteiger partial charge in [0.05, 0.1) is 12.1 Å². The number of fused-ring (bicyclic) bond motifs is 1. The quantitative estimate of drug-likeness (QED) is 0.185. The number of nitrogens with zero attached hydrogens (tertiary/aromatic N) is 3. The Morgan fingerprint density at radius 2 is 1.70 bits per heavy atom. The SMILES string of the molecule is N/N=C\N(N)CC(O)(c1ccc(F)cc1F)C(F)(F)c1ccc2cc(F)ccc2n1. The highest BCUT2D eigenvalue weighted by atomic mass is 19.3. The van der Waals surface area contributed by atoms with Gasteiger partial charge in [0.15, 0.2) is 5.60 Å². The molecule has 0 amide bonds. The zero-order valence-electron chi connectivity index (χ0n) is 15.2. The summed E-state index contributed by atoms with van der Waals surface area (Å²) in [4.78, 5) is 3.79. The number of aromatic nitrogens is 1. The Morgan fingerprint density at radius 1 is 1.03 bits per heavy atom. The maximum atomic E-state index is 15.6. The molecule has 0 fully saturated rings. The molecule has 6 nitrogen and oxygen atoms in total. The molecule has 1 atom stereocenters. The van der Waals surface area contributed by atoms with Crippen molar-refractivity contribution in [3.63, 3.8) is 0 Å². The van der Waals surface area contributed by atoms with E-state index in [9.17, 15) is 18.3 Å².